The number of nitrogens with zero attached hydrogens (tertiary/aromatic N) is 2. The molecule has 0 saturated heterocycles. The Morgan fingerprint density at radius 1 is 1.30 bits per heavy atom. The molecule has 0 aliphatic rings. The van der Waals surface area contributed by atoms with Gasteiger partial charge in [-0.05, 0) is 42.3 Å². The van der Waals surface area contributed by atoms with E-state index in [9.17, 15) is 14.3 Å². The number of amides is 1. The standard InChI is InChI=1S/C19H15FN4O3/c20-13-4-3-11(10-14(13)25)5-7-22-19(26)12-6-8-21-18-16(12)23-17(24-18)15-2-1-9-27-15/h1-4,6,8-10,25H,5,7H2,(H,22,26)(H,21,23,24). The maximum Gasteiger partial charge on any atom is 0.253 e. The zero-order valence-corrected chi connectivity index (χ0v) is 14.1. The molecule has 3 N–H and O–H groups in total. The number of aromatic hydroxyl groups is 1. The van der Waals surface area contributed by atoms with Gasteiger partial charge in [0.1, 0.15) is 5.52 Å². The molecule has 0 saturated carbocycles. The van der Waals surface area contributed by atoms with E-state index >= 15 is 0 Å². The van der Waals surface area contributed by atoms with Crippen LogP contribution < -0.4 is 5.32 Å². The number of rotatable bonds is 5. The summed E-state index contributed by atoms with van der Waals surface area (Å²) in [7, 11) is 0. The Bertz CT molecular complexity index is 1110. The highest BCUT2D eigenvalue weighted by Gasteiger charge is 2.16. The van der Waals surface area contributed by atoms with E-state index in [1.165, 1.54) is 24.6 Å². The third-order valence-electron chi connectivity index (χ3n) is 4.09. The zero-order valence-electron chi connectivity index (χ0n) is 14.1. The molecule has 0 bridgehead atoms. The molecule has 27 heavy (non-hydrogen) atoms. The van der Waals surface area contributed by atoms with Crippen LogP contribution in [0.4, 0.5) is 4.39 Å². The quantitative estimate of drug-likeness (QED) is 0.504. The van der Waals surface area contributed by atoms with E-state index in [4.69, 9.17) is 4.42 Å². The molecule has 136 valence electrons. The van der Waals surface area contributed by atoms with Crippen LogP contribution in [0.25, 0.3) is 22.7 Å². The lowest BCUT2D eigenvalue weighted by atomic mass is 10.1. The molecule has 0 atom stereocenters. The number of halogens is 1. The summed E-state index contributed by atoms with van der Waals surface area (Å²) >= 11 is 0. The molecular weight excluding hydrogens is 351 g/mol. The third-order valence-corrected chi connectivity index (χ3v) is 4.09. The predicted octanol–water partition coefficient (Wildman–Crippen LogP) is 3.04. The maximum absolute atomic E-state index is 13.1. The number of pyridine rings is 1. The second-order valence-corrected chi connectivity index (χ2v) is 5.91. The Labute approximate surface area is 152 Å². The van der Waals surface area contributed by atoms with Crippen molar-refractivity contribution in [2.24, 2.45) is 0 Å². The van der Waals surface area contributed by atoms with Crippen molar-refractivity contribution < 1.29 is 18.7 Å². The maximum atomic E-state index is 13.1. The number of benzene rings is 1. The highest BCUT2D eigenvalue weighted by atomic mass is 19.1. The van der Waals surface area contributed by atoms with Crippen LogP contribution in [0.5, 0.6) is 5.75 Å². The average molecular weight is 366 g/mol. The molecule has 4 aromatic rings. The van der Waals surface area contributed by atoms with Crippen molar-refractivity contribution >= 4 is 17.1 Å². The average Bonchev–Trinajstić information content (AvgIpc) is 3.33. The van der Waals surface area contributed by atoms with E-state index in [1.54, 1.807) is 24.3 Å². The number of fused-ring (bicyclic) bond motifs is 1. The highest BCUT2D eigenvalue weighted by molar-refractivity contribution is 6.04. The first kappa shape index (κ1) is 16.8. The largest absolute Gasteiger partial charge is 0.505 e. The molecule has 0 spiro atoms. The third kappa shape index (κ3) is 3.37. The zero-order chi connectivity index (χ0) is 18.8. The van der Waals surface area contributed by atoms with Crippen LogP contribution in [-0.4, -0.2) is 32.5 Å². The van der Waals surface area contributed by atoms with Gasteiger partial charge in [-0.3, -0.25) is 4.79 Å². The normalized spacial score (nSPS) is 11.0. The van der Waals surface area contributed by atoms with Crippen molar-refractivity contribution in [3.8, 4) is 17.3 Å². The van der Waals surface area contributed by atoms with Gasteiger partial charge in [0.05, 0.1) is 11.8 Å². The van der Waals surface area contributed by atoms with E-state index < -0.39 is 11.6 Å². The molecule has 3 aromatic heterocycles. The lowest BCUT2D eigenvalue weighted by molar-refractivity contribution is 0.0955. The Balaban J connectivity index is 1.49. The number of phenolic OH excluding ortho intramolecular Hbond substituents is 1. The first-order valence-corrected chi connectivity index (χ1v) is 8.26. The van der Waals surface area contributed by atoms with Crippen LogP contribution >= 0.6 is 0 Å². The summed E-state index contributed by atoms with van der Waals surface area (Å²) in [6.45, 7) is 0.323. The van der Waals surface area contributed by atoms with Gasteiger partial charge in [0, 0.05) is 12.7 Å². The molecule has 8 heteroatoms. The second kappa shape index (κ2) is 6.91. The number of hydrogen-bond donors (Lipinski definition) is 3. The summed E-state index contributed by atoms with van der Waals surface area (Å²) in [5, 5.41) is 12.2. The van der Waals surface area contributed by atoms with Crippen molar-refractivity contribution in [1.29, 1.82) is 0 Å². The number of phenols is 1. The fourth-order valence-electron chi connectivity index (χ4n) is 2.75. The van der Waals surface area contributed by atoms with Crippen molar-refractivity contribution in [2.75, 3.05) is 6.54 Å². The van der Waals surface area contributed by atoms with Gasteiger partial charge >= 0.3 is 0 Å². The van der Waals surface area contributed by atoms with Gasteiger partial charge in [0.25, 0.3) is 5.91 Å². The monoisotopic (exact) mass is 366 g/mol. The minimum absolute atomic E-state index is 0.300. The van der Waals surface area contributed by atoms with Crippen LogP contribution in [0.2, 0.25) is 0 Å². The van der Waals surface area contributed by atoms with Gasteiger partial charge in [-0.1, -0.05) is 6.07 Å². The number of carbonyl (C=O) groups is 1. The number of aromatic amines is 1. The first-order chi connectivity index (χ1) is 13.1. The van der Waals surface area contributed by atoms with E-state index in [0.29, 0.717) is 46.8 Å². The summed E-state index contributed by atoms with van der Waals surface area (Å²) in [6, 6.07) is 9.20. The SMILES string of the molecule is O=C(NCCc1ccc(F)c(O)c1)c1ccnc2[nH]c(-c3ccco3)nc12. The van der Waals surface area contributed by atoms with E-state index in [1.807, 2.05) is 0 Å². The first-order valence-electron chi connectivity index (χ1n) is 8.26. The lowest BCUT2D eigenvalue weighted by Crippen LogP contribution is -2.26. The van der Waals surface area contributed by atoms with Crippen molar-refractivity contribution in [1.82, 2.24) is 20.3 Å². The van der Waals surface area contributed by atoms with Gasteiger partial charge < -0.3 is 19.8 Å². The fraction of sp³-hybridized carbons (Fsp3) is 0.105. The van der Waals surface area contributed by atoms with Crippen molar-refractivity contribution in [3.63, 3.8) is 0 Å². The lowest BCUT2D eigenvalue weighted by Gasteiger charge is -2.06. The predicted molar refractivity (Wildman–Crippen MR) is 95.7 cm³/mol. The number of hydrogen-bond acceptors (Lipinski definition) is 5. The summed E-state index contributed by atoms with van der Waals surface area (Å²) in [6.07, 6.45) is 3.52. The van der Waals surface area contributed by atoms with Gasteiger partial charge in [-0.25, -0.2) is 14.4 Å². The van der Waals surface area contributed by atoms with Crippen LogP contribution in [0.15, 0.2) is 53.3 Å². The topological polar surface area (TPSA) is 104 Å². The smallest absolute Gasteiger partial charge is 0.253 e. The molecule has 7 nitrogen and oxygen atoms in total. The molecule has 0 radical (unpaired) electrons. The number of carbonyl (C=O) groups excluding carboxylic acids is 1. The summed E-state index contributed by atoms with van der Waals surface area (Å²) in [4.78, 5) is 24.2. The number of furan rings is 1. The second-order valence-electron chi connectivity index (χ2n) is 5.91. The van der Waals surface area contributed by atoms with Crippen LogP contribution in [0, 0.1) is 5.82 Å². The Morgan fingerprint density at radius 2 is 2.19 bits per heavy atom. The van der Waals surface area contributed by atoms with Crippen LogP contribution in [-0.2, 0) is 6.42 Å². The molecule has 0 aliphatic carbocycles. The van der Waals surface area contributed by atoms with Crippen LogP contribution in [0.3, 0.4) is 0 Å². The number of nitrogens with one attached hydrogen (secondary N) is 2. The minimum atomic E-state index is -0.673. The van der Waals surface area contributed by atoms with E-state index in [2.05, 4.69) is 20.3 Å². The van der Waals surface area contributed by atoms with E-state index in [0.717, 1.165) is 0 Å². The minimum Gasteiger partial charge on any atom is -0.505 e. The fourth-order valence-corrected chi connectivity index (χ4v) is 2.75. The molecule has 0 fully saturated rings. The Kier molecular flexibility index (Phi) is 4.29. The summed E-state index contributed by atoms with van der Waals surface area (Å²) in [5.74, 6) is -0.337. The molecule has 3 heterocycles. The number of H-pyrrole nitrogens is 1. The van der Waals surface area contributed by atoms with Crippen molar-refractivity contribution in [2.45, 2.75) is 6.42 Å². The molecular formula is C19H15FN4O3. The Hall–Kier alpha value is -3.68. The van der Waals surface area contributed by atoms with Gasteiger partial charge in [-0.15, -0.1) is 0 Å². The Morgan fingerprint density at radius 3 is 2.96 bits per heavy atom. The summed E-state index contributed by atoms with van der Waals surface area (Å²) in [5.41, 5.74) is 2.03. The highest BCUT2D eigenvalue weighted by Crippen LogP contribution is 2.22. The molecule has 0 aliphatic heterocycles. The molecule has 0 unspecified atom stereocenters. The number of imidazole rings is 1. The van der Waals surface area contributed by atoms with Gasteiger partial charge in [0.2, 0.25) is 0 Å². The number of aromatic nitrogens is 3. The van der Waals surface area contributed by atoms with Gasteiger partial charge in [-0.2, -0.15) is 0 Å². The molecule has 1 aromatic carbocycles. The van der Waals surface area contributed by atoms with Gasteiger partial charge in [0.15, 0.2) is 28.8 Å². The van der Waals surface area contributed by atoms with Crippen molar-refractivity contribution in [3.05, 3.63) is 65.8 Å². The molecule has 4 rings (SSSR count). The van der Waals surface area contributed by atoms with E-state index in [-0.39, 0.29) is 5.91 Å². The van der Waals surface area contributed by atoms with Crippen LogP contribution in [0.1, 0.15) is 15.9 Å². The summed E-state index contributed by atoms with van der Waals surface area (Å²) < 4.78 is 18.4. The molecule has 1 amide bonds.